The Hall–Kier alpha value is -2.24. The van der Waals surface area contributed by atoms with Gasteiger partial charge in [0.25, 0.3) is 0 Å². The fourth-order valence-corrected chi connectivity index (χ4v) is 2.37. The van der Waals surface area contributed by atoms with Crippen LogP contribution in [0.1, 0.15) is 18.0 Å². The number of anilines is 1. The number of fused-ring (bicyclic) bond motifs is 1. The summed E-state index contributed by atoms with van der Waals surface area (Å²) in [5.74, 6) is -5.15. The largest absolute Gasteiger partial charge is 0.493 e. The van der Waals surface area contributed by atoms with Crippen molar-refractivity contribution >= 4 is 5.69 Å². The molecule has 0 saturated heterocycles. The molecule has 0 aromatic heterocycles. The molecule has 0 aliphatic carbocycles. The number of halogens is 4. The van der Waals surface area contributed by atoms with Crippen LogP contribution in [-0.2, 0) is 0 Å². The van der Waals surface area contributed by atoms with Gasteiger partial charge in [0.2, 0.25) is 0 Å². The predicted octanol–water partition coefficient (Wildman–Crippen LogP) is 4.18. The van der Waals surface area contributed by atoms with Crippen molar-refractivity contribution in [2.75, 3.05) is 11.9 Å². The highest BCUT2D eigenvalue weighted by atomic mass is 19.2. The van der Waals surface area contributed by atoms with E-state index in [0.29, 0.717) is 24.3 Å². The molecule has 1 aliphatic rings. The summed E-state index contributed by atoms with van der Waals surface area (Å²) in [5, 5.41) is 2.55. The number of rotatable bonds is 2. The minimum absolute atomic E-state index is 0.188. The summed E-state index contributed by atoms with van der Waals surface area (Å²) in [6.45, 7) is 0.343. The quantitative estimate of drug-likeness (QED) is 0.663. The van der Waals surface area contributed by atoms with E-state index >= 15 is 0 Å². The number of hydrogen-bond acceptors (Lipinski definition) is 2. The first-order chi connectivity index (χ1) is 10.1. The number of para-hydroxylation sites is 1. The van der Waals surface area contributed by atoms with E-state index in [-0.39, 0.29) is 6.07 Å². The second kappa shape index (κ2) is 5.27. The summed E-state index contributed by atoms with van der Waals surface area (Å²) < 4.78 is 59.3. The lowest BCUT2D eigenvalue weighted by Crippen LogP contribution is -2.21. The molecule has 21 heavy (non-hydrogen) atoms. The van der Waals surface area contributed by atoms with Crippen LogP contribution >= 0.6 is 0 Å². The zero-order valence-electron chi connectivity index (χ0n) is 10.8. The third-order valence-corrected chi connectivity index (χ3v) is 3.39. The molecule has 2 aromatic carbocycles. The van der Waals surface area contributed by atoms with Gasteiger partial charge in [-0.2, -0.15) is 0 Å². The molecule has 1 aliphatic heterocycles. The molecule has 110 valence electrons. The summed E-state index contributed by atoms with van der Waals surface area (Å²) in [6.07, 6.45) is 0.425. The average molecular weight is 297 g/mol. The Balaban J connectivity index is 1.99. The van der Waals surface area contributed by atoms with Crippen LogP contribution < -0.4 is 10.1 Å². The van der Waals surface area contributed by atoms with E-state index in [1.54, 1.807) is 24.3 Å². The zero-order chi connectivity index (χ0) is 15.0. The van der Waals surface area contributed by atoms with Crippen LogP contribution in [-0.4, -0.2) is 6.61 Å². The number of nitrogens with one attached hydrogen (secondary N) is 1. The van der Waals surface area contributed by atoms with E-state index in [1.165, 1.54) is 0 Å². The standard InChI is InChI=1S/C15H11F4NO/c16-9-7-10(17)14(19)15(13(9)18)20-11-5-6-21-12-4-2-1-3-8(11)12/h1-4,7,11,20H,5-6H2. The lowest BCUT2D eigenvalue weighted by molar-refractivity contribution is 0.273. The Morgan fingerprint density at radius 3 is 2.38 bits per heavy atom. The zero-order valence-corrected chi connectivity index (χ0v) is 10.8. The highest BCUT2D eigenvalue weighted by Gasteiger charge is 2.26. The molecule has 0 amide bonds. The molecule has 0 fully saturated rings. The summed E-state index contributed by atoms with van der Waals surface area (Å²) in [6, 6.07) is 6.68. The highest BCUT2D eigenvalue weighted by molar-refractivity contribution is 5.51. The second-order valence-electron chi connectivity index (χ2n) is 4.72. The van der Waals surface area contributed by atoms with Gasteiger partial charge < -0.3 is 10.1 Å². The van der Waals surface area contributed by atoms with E-state index < -0.39 is 35.0 Å². The molecule has 1 heterocycles. The van der Waals surface area contributed by atoms with Crippen molar-refractivity contribution in [1.82, 2.24) is 0 Å². The van der Waals surface area contributed by atoms with Crippen molar-refractivity contribution < 1.29 is 22.3 Å². The number of benzene rings is 2. The fourth-order valence-electron chi connectivity index (χ4n) is 2.37. The van der Waals surface area contributed by atoms with Crippen molar-refractivity contribution in [3.63, 3.8) is 0 Å². The first-order valence-electron chi connectivity index (χ1n) is 6.39. The van der Waals surface area contributed by atoms with Crippen LogP contribution in [0.3, 0.4) is 0 Å². The molecular formula is C15H11F4NO. The maximum atomic E-state index is 13.7. The Morgan fingerprint density at radius 2 is 1.67 bits per heavy atom. The summed E-state index contributed by atoms with van der Waals surface area (Å²) >= 11 is 0. The normalized spacial score (nSPS) is 17.0. The minimum Gasteiger partial charge on any atom is -0.493 e. The molecular weight excluding hydrogens is 286 g/mol. The topological polar surface area (TPSA) is 21.3 Å². The van der Waals surface area contributed by atoms with Gasteiger partial charge in [-0.05, 0) is 6.07 Å². The van der Waals surface area contributed by atoms with Gasteiger partial charge in [-0.1, -0.05) is 18.2 Å². The van der Waals surface area contributed by atoms with Gasteiger partial charge in [-0.25, -0.2) is 17.6 Å². The maximum Gasteiger partial charge on any atom is 0.185 e. The minimum atomic E-state index is -1.43. The van der Waals surface area contributed by atoms with Gasteiger partial charge in [-0.3, -0.25) is 0 Å². The fraction of sp³-hybridized carbons (Fsp3) is 0.200. The van der Waals surface area contributed by atoms with Crippen molar-refractivity contribution in [2.45, 2.75) is 12.5 Å². The lowest BCUT2D eigenvalue weighted by atomic mass is 10.00. The molecule has 2 nitrogen and oxygen atoms in total. The number of ether oxygens (including phenoxy) is 1. The first kappa shape index (κ1) is 13.7. The molecule has 1 N–H and O–H groups in total. The van der Waals surface area contributed by atoms with Crippen LogP contribution in [0.4, 0.5) is 23.2 Å². The van der Waals surface area contributed by atoms with Crippen LogP contribution in [0.2, 0.25) is 0 Å². The molecule has 2 aromatic rings. The highest BCUT2D eigenvalue weighted by Crippen LogP contribution is 2.36. The van der Waals surface area contributed by atoms with E-state index in [4.69, 9.17) is 4.74 Å². The van der Waals surface area contributed by atoms with E-state index in [1.807, 2.05) is 0 Å². The predicted molar refractivity (Wildman–Crippen MR) is 69.2 cm³/mol. The van der Waals surface area contributed by atoms with Gasteiger partial charge in [0.05, 0.1) is 12.6 Å². The molecule has 6 heteroatoms. The van der Waals surface area contributed by atoms with Crippen LogP contribution in [0, 0.1) is 23.3 Å². The van der Waals surface area contributed by atoms with Crippen LogP contribution in [0.25, 0.3) is 0 Å². The summed E-state index contributed by atoms with van der Waals surface area (Å²) in [5.41, 5.74) is -0.110. The van der Waals surface area contributed by atoms with E-state index in [0.717, 1.165) is 0 Å². The third-order valence-electron chi connectivity index (χ3n) is 3.39. The van der Waals surface area contributed by atoms with E-state index in [9.17, 15) is 17.6 Å². The van der Waals surface area contributed by atoms with Crippen molar-refractivity contribution in [1.29, 1.82) is 0 Å². The van der Waals surface area contributed by atoms with Gasteiger partial charge in [-0.15, -0.1) is 0 Å². The molecule has 3 rings (SSSR count). The maximum absolute atomic E-state index is 13.7. The summed E-state index contributed by atoms with van der Waals surface area (Å²) in [4.78, 5) is 0. The smallest absolute Gasteiger partial charge is 0.185 e. The van der Waals surface area contributed by atoms with Gasteiger partial charge in [0, 0.05) is 18.1 Å². The monoisotopic (exact) mass is 297 g/mol. The molecule has 0 radical (unpaired) electrons. The van der Waals surface area contributed by atoms with E-state index in [2.05, 4.69) is 5.32 Å². The molecule has 0 bridgehead atoms. The Morgan fingerprint density at radius 1 is 1.00 bits per heavy atom. The van der Waals surface area contributed by atoms with Gasteiger partial charge in [0.15, 0.2) is 23.3 Å². The molecule has 0 spiro atoms. The third kappa shape index (κ3) is 2.41. The van der Waals surface area contributed by atoms with Crippen molar-refractivity contribution in [3.8, 4) is 5.75 Å². The van der Waals surface area contributed by atoms with Gasteiger partial charge in [0.1, 0.15) is 11.4 Å². The Kier molecular flexibility index (Phi) is 3.45. The van der Waals surface area contributed by atoms with Crippen LogP contribution in [0.15, 0.2) is 30.3 Å². The Labute approximate surface area is 118 Å². The van der Waals surface area contributed by atoms with Crippen molar-refractivity contribution in [2.24, 2.45) is 0 Å². The SMILES string of the molecule is Fc1cc(F)c(F)c(NC2CCOc3ccccc32)c1F. The average Bonchev–Trinajstić information content (AvgIpc) is 2.50. The van der Waals surface area contributed by atoms with Crippen molar-refractivity contribution in [3.05, 3.63) is 59.2 Å². The van der Waals surface area contributed by atoms with Gasteiger partial charge >= 0.3 is 0 Å². The molecule has 1 unspecified atom stereocenters. The molecule has 0 saturated carbocycles. The molecule has 1 atom stereocenters. The Bertz CT molecular complexity index is 663. The summed E-state index contributed by atoms with van der Waals surface area (Å²) in [7, 11) is 0. The lowest BCUT2D eigenvalue weighted by Gasteiger charge is -2.27. The first-order valence-corrected chi connectivity index (χ1v) is 6.39. The second-order valence-corrected chi connectivity index (χ2v) is 4.72. The number of hydrogen-bond donors (Lipinski definition) is 1. The van der Waals surface area contributed by atoms with Crippen LogP contribution in [0.5, 0.6) is 5.75 Å².